The van der Waals surface area contributed by atoms with Crippen molar-refractivity contribution < 1.29 is 14.4 Å². The molecular weight excluding hydrogens is 308 g/mol. The molecule has 7 heteroatoms. The summed E-state index contributed by atoms with van der Waals surface area (Å²) in [7, 11) is 0. The van der Waals surface area contributed by atoms with Crippen molar-refractivity contribution in [1.29, 1.82) is 0 Å². The molecule has 0 saturated carbocycles. The lowest BCUT2D eigenvalue weighted by Gasteiger charge is -1.97. The van der Waals surface area contributed by atoms with E-state index in [0.717, 1.165) is 9.50 Å². The SMILES string of the molecule is O=C(O)c1cc(CSc2ccc(Br)cn2)on1. The van der Waals surface area contributed by atoms with Crippen molar-refractivity contribution in [2.45, 2.75) is 10.8 Å². The number of thioether (sulfide) groups is 1. The molecule has 2 aromatic heterocycles. The molecule has 0 aromatic carbocycles. The topological polar surface area (TPSA) is 76.2 Å². The molecule has 0 amide bonds. The van der Waals surface area contributed by atoms with Crippen LogP contribution >= 0.6 is 27.7 Å². The van der Waals surface area contributed by atoms with Crippen LogP contribution in [0.15, 0.2) is 38.4 Å². The first-order chi connectivity index (χ1) is 8.15. The number of aromatic nitrogens is 2. The smallest absolute Gasteiger partial charge is 0.358 e. The highest BCUT2D eigenvalue weighted by Gasteiger charge is 2.10. The molecule has 88 valence electrons. The number of pyridine rings is 1. The standard InChI is InChI=1S/C10H7BrN2O3S/c11-6-1-2-9(12-4-6)17-5-7-3-8(10(14)15)13-16-7/h1-4H,5H2,(H,14,15). The Kier molecular flexibility index (Phi) is 3.80. The van der Waals surface area contributed by atoms with E-state index in [4.69, 9.17) is 9.63 Å². The fourth-order valence-corrected chi connectivity index (χ4v) is 2.03. The highest BCUT2D eigenvalue weighted by molar-refractivity contribution is 9.10. The third kappa shape index (κ3) is 3.31. The minimum absolute atomic E-state index is 0.0793. The van der Waals surface area contributed by atoms with E-state index in [1.807, 2.05) is 12.1 Å². The van der Waals surface area contributed by atoms with Crippen LogP contribution in [0.3, 0.4) is 0 Å². The van der Waals surface area contributed by atoms with Gasteiger partial charge in [-0.2, -0.15) is 0 Å². The zero-order valence-electron chi connectivity index (χ0n) is 8.46. The van der Waals surface area contributed by atoms with E-state index in [2.05, 4.69) is 26.1 Å². The summed E-state index contributed by atoms with van der Waals surface area (Å²) in [5.41, 5.74) is -0.0793. The number of aromatic carboxylic acids is 1. The first-order valence-corrected chi connectivity index (χ1v) is 6.36. The normalized spacial score (nSPS) is 10.4. The lowest BCUT2D eigenvalue weighted by atomic mass is 10.4. The molecule has 17 heavy (non-hydrogen) atoms. The number of carboxylic acids is 1. The van der Waals surface area contributed by atoms with Crippen LogP contribution < -0.4 is 0 Å². The van der Waals surface area contributed by atoms with Gasteiger partial charge >= 0.3 is 5.97 Å². The van der Waals surface area contributed by atoms with E-state index in [0.29, 0.717) is 11.5 Å². The third-order valence-electron chi connectivity index (χ3n) is 1.84. The highest BCUT2D eigenvalue weighted by atomic mass is 79.9. The van der Waals surface area contributed by atoms with Gasteiger partial charge in [0, 0.05) is 16.7 Å². The number of nitrogens with zero attached hydrogens (tertiary/aromatic N) is 2. The fraction of sp³-hybridized carbons (Fsp3) is 0.100. The molecule has 0 fully saturated rings. The van der Waals surface area contributed by atoms with Crippen LogP contribution in [0, 0.1) is 0 Å². The van der Waals surface area contributed by atoms with Crippen LogP contribution in [0.1, 0.15) is 16.2 Å². The first-order valence-electron chi connectivity index (χ1n) is 4.58. The van der Waals surface area contributed by atoms with Crippen molar-refractivity contribution in [3.63, 3.8) is 0 Å². The molecule has 5 nitrogen and oxygen atoms in total. The van der Waals surface area contributed by atoms with E-state index < -0.39 is 5.97 Å². The predicted molar refractivity (Wildman–Crippen MR) is 65.0 cm³/mol. The first kappa shape index (κ1) is 12.1. The Labute approximate surface area is 109 Å². The predicted octanol–water partition coefficient (Wildman–Crippen LogP) is 2.82. The van der Waals surface area contributed by atoms with Gasteiger partial charge in [0.2, 0.25) is 0 Å². The average molecular weight is 315 g/mol. The van der Waals surface area contributed by atoms with Crippen molar-refractivity contribution in [3.8, 4) is 0 Å². The van der Waals surface area contributed by atoms with Crippen molar-refractivity contribution in [2.24, 2.45) is 0 Å². The van der Waals surface area contributed by atoms with Crippen molar-refractivity contribution in [1.82, 2.24) is 10.1 Å². The Morgan fingerprint density at radius 1 is 1.53 bits per heavy atom. The van der Waals surface area contributed by atoms with Gasteiger partial charge in [0.25, 0.3) is 0 Å². The van der Waals surface area contributed by atoms with E-state index in [1.165, 1.54) is 17.8 Å². The van der Waals surface area contributed by atoms with Gasteiger partial charge in [-0.05, 0) is 28.1 Å². The van der Waals surface area contributed by atoms with Gasteiger partial charge in [-0.25, -0.2) is 9.78 Å². The lowest BCUT2D eigenvalue weighted by Crippen LogP contribution is -1.94. The van der Waals surface area contributed by atoms with Crippen LogP contribution in [0.4, 0.5) is 0 Å². The number of hydrogen-bond donors (Lipinski definition) is 1. The molecular formula is C10H7BrN2O3S. The van der Waals surface area contributed by atoms with Gasteiger partial charge in [-0.3, -0.25) is 0 Å². The number of carboxylic acid groups (broad SMARTS) is 1. The molecule has 0 spiro atoms. The van der Waals surface area contributed by atoms with Crippen LogP contribution in [-0.2, 0) is 5.75 Å². The summed E-state index contributed by atoms with van der Waals surface area (Å²) in [4.78, 5) is 14.8. The molecule has 2 rings (SSSR count). The molecule has 0 bridgehead atoms. The summed E-state index contributed by atoms with van der Waals surface area (Å²) in [6.45, 7) is 0. The minimum atomic E-state index is -1.09. The maximum absolute atomic E-state index is 10.6. The minimum Gasteiger partial charge on any atom is -0.476 e. The summed E-state index contributed by atoms with van der Waals surface area (Å²) in [5, 5.41) is 12.9. The van der Waals surface area contributed by atoms with Gasteiger partial charge in [0.05, 0.1) is 10.8 Å². The van der Waals surface area contributed by atoms with E-state index in [-0.39, 0.29) is 5.69 Å². The Morgan fingerprint density at radius 3 is 2.94 bits per heavy atom. The number of rotatable bonds is 4. The fourth-order valence-electron chi connectivity index (χ4n) is 1.07. The second-order valence-electron chi connectivity index (χ2n) is 3.09. The third-order valence-corrected chi connectivity index (χ3v) is 3.28. The van der Waals surface area contributed by atoms with E-state index in [9.17, 15) is 4.79 Å². The zero-order chi connectivity index (χ0) is 12.3. The van der Waals surface area contributed by atoms with Crippen LogP contribution in [0.2, 0.25) is 0 Å². The molecule has 0 aliphatic heterocycles. The Bertz CT molecular complexity index is 527. The molecule has 0 unspecified atom stereocenters. The second kappa shape index (κ2) is 5.33. The Balaban J connectivity index is 1.97. The molecule has 0 atom stereocenters. The maximum atomic E-state index is 10.6. The van der Waals surface area contributed by atoms with Gasteiger partial charge in [0.15, 0.2) is 5.69 Å². The molecule has 1 N–H and O–H groups in total. The molecule has 0 aliphatic carbocycles. The number of hydrogen-bond acceptors (Lipinski definition) is 5. The second-order valence-corrected chi connectivity index (χ2v) is 5.00. The van der Waals surface area contributed by atoms with Crippen LogP contribution in [-0.4, -0.2) is 21.2 Å². The van der Waals surface area contributed by atoms with Gasteiger partial charge in [-0.1, -0.05) is 16.9 Å². The summed E-state index contributed by atoms with van der Waals surface area (Å²) < 4.78 is 5.79. The molecule has 0 radical (unpaired) electrons. The highest BCUT2D eigenvalue weighted by Crippen LogP contribution is 2.22. The molecule has 2 aromatic rings. The van der Waals surface area contributed by atoms with Gasteiger partial charge in [-0.15, -0.1) is 0 Å². The summed E-state index contributed by atoms with van der Waals surface area (Å²) in [6, 6.07) is 5.16. The maximum Gasteiger partial charge on any atom is 0.358 e. The summed E-state index contributed by atoms with van der Waals surface area (Å²) in [6.07, 6.45) is 1.70. The van der Waals surface area contributed by atoms with E-state index >= 15 is 0 Å². The zero-order valence-corrected chi connectivity index (χ0v) is 10.9. The Morgan fingerprint density at radius 2 is 2.35 bits per heavy atom. The quantitative estimate of drug-likeness (QED) is 0.874. The largest absolute Gasteiger partial charge is 0.476 e. The molecule has 0 aliphatic rings. The van der Waals surface area contributed by atoms with Gasteiger partial charge in [0.1, 0.15) is 5.76 Å². The summed E-state index contributed by atoms with van der Waals surface area (Å²) in [5.74, 6) is -0.0848. The molecule has 2 heterocycles. The van der Waals surface area contributed by atoms with E-state index in [1.54, 1.807) is 6.20 Å². The van der Waals surface area contributed by atoms with Crippen LogP contribution in [0.25, 0.3) is 0 Å². The van der Waals surface area contributed by atoms with Crippen LogP contribution in [0.5, 0.6) is 0 Å². The monoisotopic (exact) mass is 314 g/mol. The number of carbonyl (C=O) groups is 1. The average Bonchev–Trinajstić information content (AvgIpc) is 2.77. The molecule has 0 saturated heterocycles. The Hall–Kier alpha value is -1.34. The summed E-state index contributed by atoms with van der Waals surface area (Å²) >= 11 is 4.74. The van der Waals surface area contributed by atoms with Crippen molar-refractivity contribution in [3.05, 3.63) is 40.3 Å². The van der Waals surface area contributed by atoms with Crippen molar-refractivity contribution >= 4 is 33.7 Å². The lowest BCUT2D eigenvalue weighted by molar-refractivity contribution is 0.0685. The van der Waals surface area contributed by atoms with Gasteiger partial charge < -0.3 is 9.63 Å². The van der Waals surface area contributed by atoms with Crippen molar-refractivity contribution in [2.75, 3.05) is 0 Å². The number of halogens is 1.